The van der Waals surface area contributed by atoms with E-state index in [0.29, 0.717) is 48.6 Å². The van der Waals surface area contributed by atoms with Crippen molar-refractivity contribution in [2.24, 2.45) is 5.73 Å². The molecule has 1 unspecified atom stereocenters. The first-order chi connectivity index (χ1) is 16.9. The van der Waals surface area contributed by atoms with Crippen LogP contribution in [0, 0.1) is 0 Å². The number of benzene rings is 2. The van der Waals surface area contributed by atoms with Crippen molar-refractivity contribution in [2.75, 3.05) is 46.0 Å². The molecule has 1 aromatic heterocycles. The molecule has 5 rings (SSSR count). The molecule has 0 bridgehead atoms. The monoisotopic (exact) mass is 541 g/mol. The lowest BCUT2D eigenvalue weighted by Gasteiger charge is -2.31. The Kier molecular flexibility index (Phi) is 6.59. The molecule has 10 heteroatoms. The number of carbonyl (C=O) groups excluding carboxylic acids is 2. The Hall–Kier alpha value is -3.21. The molecule has 2 aromatic carbocycles. The third-order valence-electron chi connectivity index (χ3n) is 6.27. The van der Waals surface area contributed by atoms with Crippen molar-refractivity contribution in [3.8, 4) is 5.75 Å². The van der Waals surface area contributed by atoms with Crippen LogP contribution in [0.25, 0.3) is 11.0 Å². The first-order valence-corrected chi connectivity index (χ1v) is 12.1. The average Bonchev–Trinajstić information content (AvgIpc) is 3.14. The maximum Gasteiger partial charge on any atom is 0.290 e. The first kappa shape index (κ1) is 23.5. The molecule has 9 nitrogen and oxygen atoms in total. The summed E-state index contributed by atoms with van der Waals surface area (Å²) in [5.74, 6) is -0.346. The summed E-state index contributed by atoms with van der Waals surface area (Å²) in [4.78, 5) is 42.1. The number of amides is 2. The molecule has 1 atom stereocenters. The molecule has 3 heterocycles. The SMILES string of the molecule is NC(=O)COc1ccc(C2c3c(oc4ccc(Br)cc4c3=O)C(=O)N2CCN2CCOCC2)cc1. The van der Waals surface area contributed by atoms with Crippen molar-refractivity contribution >= 4 is 38.7 Å². The number of rotatable bonds is 7. The number of halogens is 1. The lowest BCUT2D eigenvalue weighted by Crippen LogP contribution is -2.42. The zero-order valence-electron chi connectivity index (χ0n) is 18.9. The third kappa shape index (κ3) is 4.69. The van der Waals surface area contributed by atoms with Crippen molar-refractivity contribution < 1.29 is 23.5 Å². The van der Waals surface area contributed by atoms with E-state index in [-0.39, 0.29) is 23.7 Å². The van der Waals surface area contributed by atoms with E-state index in [1.165, 1.54) is 0 Å². The lowest BCUT2D eigenvalue weighted by molar-refractivity contribution is -0.119. The van der Waals surface area contributed by atoms with Gasteiger partial charge in [0.1, 0.15) is 11.3 Å². The predicted molar refractivity (Wildman–Crippen MR) is 131 cm³/mol. The Bertz CT molecular complexity index is 1330. The summed E-state index contributed by atoms with van der Waals surface area (Å²) in [7, 11) is 0. The number of carbonyl (C=O) groups is 2. The molecule has 0 radical (unpaired) electrons. The molecule has 182 valence electrons. The molecule has 0 saturated carbocycles. The van der Waals surface area contributed by atoms with E-state index in [9.17, 15) is 14.4 Å². The van der Waals surface area contributed by atoms with E-state index in [1.54, 1.807) is 47.4 Å². The Morgan fingerprint density at radius 2 is 1.83 bits per heavy atom. The molecule has 0 spiro atoms. The number of fused-ring (bicyclic) bond motifs is 2. The zero-order chi connectivity index (χ0) is 24.5. The van der Waals surface area contributed by atoms with Gasteiger partial charge in [-0.2, -0.15) is 0 Å². The second kappa shape index (κ2) is 9.80. The van der Waals surface area contributed by atoms with E-state index in [4.69, 9.17) is 19.6 Å². The fourth-order valence-electron chi connectivity index (χ4n) is 4.54. The summed E-state index contributed by atoms with van der Waals surface area (Å²) in [6.07, 6.45) is 0. The number of hydrogen-bond acceptors (Lipinski definition) is 7. The highest BCUT2D eigenvalue weighted by molar-refractivity contribution is 9.10. The van der Waals surface area contributed by atoms with Gasteiger partial charge in [0, 0.05) is 30.7 Å². The molecular formula is C25H24BrN3O6. The quantitative estimate of drug-likeness (QED) is 0.487. The van der Waals surface area contributed by atoms with Crippen LogP contribution >= 0.6 is 15.9 Å². The number of morpholine rings is 1. The van der Waals surface area contributed by atoms with Gasteiger partial charge >= 0.3 is 0 Å². The van der Waals surface area contributed by atoms with Gasteiger partial charge in [0.15, 0.2) is 12.0 Å². The van der Waals surface area contributed by atoms with Gasteiger partial charge in [0.25, 0.3) is 11.8 Å². The van der Waals surface area contributed by atoms with E-state index in [0.717, 1.165) is 23.1 Å². The molecule has 1 saturated heterocycles. The molecule has 3 aromatic rings. The maximum absolute atomic E-state index is 13.6. The lowest BCUT2D eigenvalue weighted by atomic mass is 9.98. The molecule has 35 heavy (non-hydrogen) atoms. The summed E-state index contributed by atoms with van der Waals surface area (Å²) < 4.78 is 17.5. The van der Waals surface area contributed by atoms with Crippen LogP contribution < -0.4 is 15.9 Å². The van der Waals surface area contributed by atoms with Crippen LogP contribution in [0.15, 0.2) is 56.1 Å². The second-order valence-electron chi connectivity index (χ2n) is 8.49. The fraction of sp³-hybridized carbons (Fsp3) is 0.320. The van der Waals surface area contributed by atoms with Gasteiger partial charge in [-0.1, -0.05) is 28.1 Å². The highest BCUT2D eigenvalue weighted by Crippen LogP contribution is 2.38. The van der Waals surface area contributed by atoms with E-state index in [1.807, 2.05) is 0 Å². The predicted octanol–water partition coefficient (Wildman–Crippen LogP) is 2.30. The summed E-state index contributed by atoms with van der Waals surface area (Å²) in [6.45, 7) is 3.74. The smallest absolute Gasteiger partial charge is 0.290 e. The standard InChI is InChI=1S/C25H24BrN3O6/c26-16-3-6-19-18(13-16)23(31)21-22(15-1-4-17(5-2-15)34-14-20(27)30)29(25(32)24(21)35-19)8-7-28-9-11-33-12-10-28/h1-6,13,22H,7-12,14H2,(H2,27,30). The van der Waals surface area contributed by atoms with Crippen molar-refractivity contribution in [3.05, 3.63) is 74.0 Å². The highest BCUT2D eigenvalue weighted by atomic mass is 79.9. The minimum atomic E-state index is -0.608. The van der Waals surface area contributed by atoms with Gasteiger partial charge in [0.05, 0.1) is 30.2 Å². The van der Waals surface area contributed by atoms with Crippen LogP contribution in [-0.2, 0) is 9.53 Å². The zero-order valence-corrected chi connectivity index (χ0v) is 20.5. The second-order valence-corrected chi connectivity index (χ2v) is 9.41. The summed E-state index contributed by atoms with van der Waals surface area (Å²) in [5.41, 5.74) is 6.36. The maximum atomic E-state index is 13.6. The van der Waals surface area contributed by atoms with Crippen LogP contribution in [0.2, 0.25) is 0 Å². The third-order valence-corrected chi connectivity index (χ3v) is 6.76. The molecule has 2 amide bonds. The highest BCUT2D eigenvalue weighted by Gasteiger charge is 2.42. The summed E-state index contributed by atoms with van der Waals surface area (Å²) in [6, 6.07) is 11.5. The van der Waals surface area contributed by atoms with E-state index < -0.39 is 11.9 Å². The van der Waals surface area contributed by atoms with Crippen molar-refractivity contribution in [1.82, 2.24) is 9.80 Å². The molecule has 2 aliphatic heterocycles. The van der Waals surface area contributed by atoms with Gasteiger partial charge in [0.2, 0.25) is 5.76 Å². The molecule has 2 N–H and O–H groups in total. The van der Waals surface area contributed by atoms with Crippen molar-refractivity contribution in [1.29, 1.82) is 0 Å². The minimum absolute atomic E-state index is 0.0749. The van der Waals surface area contributed by atoms with Crippen LogP contribution in [0.3, 0.4) is 0 Å². The number of primary amides is 1. The first-order valence-electron chi connectivity index (χ1n) is 11.3. The Balaban J connectivity index is 1.54. The van der Waals surface area contributed by atoms with Gasteiger partial charge < -0.3 is 24.5 Å². The summed E-state index contributed by atoms with van der Waals surface area (Å²) >= 11 is 3.41. The van der Waals surface area contributed by atoms with Gasteiger partial charge in [-0.15, -0.1) is 0 Å². The van der Waals surface area contributed by atoms with Crippen molar-refractivity contribution in [2.45, 2.75) is 6.04 Å². The fourth-order valence-corrected chi connectivity index (χ4v) is 4.91. The largest absolute Gasteiger partial charge is 0.484 e. The number of nitrogens with two attached hydrogens (primary N) is 1. The Labute approximate surface area is 209 Å². The average molecular weight is 542 g/mol. The van der Waals surface area contributed by atoms with Crippen LogP contribution in [0.4, 0.5) is 0 Å². The normalized spacial score (nSPS) is 18.1. The Morgan fingerprint density at radius 1 is 1.09 bits per heavy atom. The van der Waals surface area contributed by atoms with Crippen LogP contribution in [-0.4, -0.2) is 67.6 Å². The van der Waals surface area contributed by atoms with E-state index >= 15 is 0 Å². The number of nitrogens with zero attached hydrogens (tertiary/aromatic N) is 2. The summed E-state index contributed by atoms with van der Waals surface area (Å²) in [5, 5.41) is 0.410. The van der Waals surface area contributed by atoms with Gasteiger partial charge in [-0.05, 0) is 35.9 Å². The van der Waals surface area contributed by atoms with Gasteiger partial charge in [-0.3, -0.25) is 19.3 Å². The molecule has 1 fully saturated rings. The number of hydrogen-bond donors (Lipinski definition) is 1. The molecule has 0 aliphatic carbocycles. The number of ether oxygens (including phenoxy) is 2. The van der Waals surface area contributed by atoms with Crippen LogP contribution in [0.5, 0.6) is 5.75 Å². The van der Waals surface area contributed by atoms with Crippen LogP contribution in [0.1, 0.15) is 27.7 Å². The molecular weight excluding hydrogens is 518 g/mol. The van der Waals surface area contributed by atoms with E-state index in [2.05, 4.69) is 20.8 Å². The minimum Gasteiger partial charge on any atom is -0.484 e. The van der Waals surface area contributed by atoms with Crippen molar-refractivity contribution in [3.63, 3.8) is 0 Å². The Morgan fingerprint density at radius 3 is 2.54 bits per heavy atom. The topological polar surface area (TPSA) is 115 Å². The molecule has 2 aliphatic rings. The van der Waals surface area contributed by atoms with Gasteiger partial charge in [-0.25, -0.2) is 0 Å².